The fourth-order valence-electron chi connectivity index (χ4n) is 3.28. The first kappa shape index (κ1) is 18.8. The average Bonchev–Trinajstić information content (AvgIpc) is 2.82. The van der Waals surface area contributed by atoms with E-state index in [-0.39, 0.29) is 11.9 Å². The highest BCUT2D eigenvalue weighted by Crippen LogP contribution is 2.17. The number of ether oxygens (including phenoxy) is 1. The third-order valence-electron chi connectivity index (χ3n) is 4.90. The van der Waals surface area contributed by atoms with Crippen LogP contribution in [0.4, 0.5) is 0 Å². The van der Waals surface area contributed by atoms with Gasteiger partial charge in [0, 0.05) is 13.6 Å². The van der Waals surface area contributed by atoms with E-state index in [1.54, 1.807) is 0 Å². The van der Waals surface area contributed by atoms with Crippen LogP contribution in [0.3, 0.4) is 0 Å². The maximum Gasteiger partial charge on any atom is 0.239 e. The van der Waals surface area contributed by atoms with Crippen molar-refractivity contribution in [2.45, 2.75) is 51.5 Å². The van der Waals surface area contributed by atoms with Crippen LogP contribution in [0.25, 0.3) is 0 Å². The van der Waals surface area contributed by atoms with Crippen LogP contribution < -0.4 is 4.74 Å². The molecule has 1 aromatic carbocycles. The van der Waals surface area contributed by atoms with Crippen LogP contribution in [0, 0.1) is 0 Å². The van der Waals surface area contributed by atoms with Gasteiger partial charge in [-0.05, 0) is 57.0 Å². The van der Waals surface area contributed by atoms with E-state index in [1.165, 1.54) is 18.4 Å². The van der Waals surface area contributed by atoms with Crippen LogP contribution in [-0.4, -0.2) is 55.5 Å². The van der Waals surface area contributed by atoms with Crippen molar-refractivity contribution in [3.8, 4) is 5.75 Å². The van der Waals surface area contributed by atoms with E-state index in [1.807, 2.05) is 24.1 Å². The predicted molar refractivity (Wildman–Crippen MR) is 98.5 cm³/mol. The van der Waals surface area contributed by atoms with E-state index in [0.717, 1.165) is 44.5 Å². The third kappa shape index (κ3) is 5.52. The van der Waals surface area contributed by atoms with E-state index < -0.39 is 0 Å². The Kier molecular flexibility index (Phi) is 7.57. The summed E-state index contributed by atoms with van der Waals surface area (Å²) in [7, 11) is 3.99. The maximum absolute atomic E-state index is 12.7. The van der Waals surface area contributed by atoms with Gasteiger partial charge in [-0.3, -0.25) is 9.69 Å². The van der Waals surface area contributed by atoms with Crippen LogP contribution in [-0.2, 0) is 11.2 Å². The average molecular weight is 332 g/mol. The highest BCUT2D eigenvalue weighted by molar-refractivity contribution is 5.81. The van der Waals surface area contributed by atoms with Gasteiger partial charge in [0.2, 0.25) is 5.91 Å². The van der Waals surface area contributed by atoms with Crippen molar-refractivity contribution in [3.63, 3.8) is 0 Å². The first-order chi connectivity index (χ1) is 11.6. The monoisotopic (exact) mass is 332 g/mol. The molecule has 0 bridgehead atoms. The molecular formula is C20H32N2O2. The molecule has 2 rings (SSSR count). The molecular weight excluding hydrogens is 300 g/mol. The first-order valence-electron chi connectivity index (χ1n) is 9.28. The Balaban J connectivity index is 1.73. The minimum atomic E-state index is 0.0552. The summed E-state index contributed by atoms with van der Waals surface area (Å²) in [5, 5.41) is 0. The molecule has 0 N–H and O–H groups in total. The lowest BCUT2D eigenvalue weighted by atomic mass is 10.1. The number of aryl methyl sites for hydroxylation is 1. The largest absolute Gasteiger partial charge is 0.494 e. The fraction of sp³-hybridized carbons (Fsp3) is 0.650. The Morgan fingerprint density at radius 1 is 1.33 bits per heavy atom. The predicted octanol–water partition coefficient (Wildman–Crippen LogP) is 3.35. The molecule has 1 saturated heterocycles. The molecule has 134 valence electrons. The minimum absolute atomic E-state index is 0.0552. The van der Waals surface area contributed by atoms with Gasteiger partial charge in [0.05, 0.1) is 12.6 Å². The van der Waals surface area contributed by atoms with E-state index in [2.05, 4.69) is 31.0 Å². The molecule has 0 saturated carbocycles. The number of hydrogen-bond donors (Lipinski definition) is 0. The standard InChI is InChI=1S/C20H32N2O2/c1-4-17-10-8-11-18(16-17)24-15-9-14-22(3)20(23)19-12-6-5-7-13-21(19)2/h8,10-11,16,19H,4-7,9,12-15H2,1-3H3/t19-/m0/s1. The van der Waals surface area contributed by atoms with Gasteiger partial charge in [0.15, 0.2) is 0 Å². The van der Waals surface area contributed by atoms with E-state index in [0.29, 0.717) is 6.61 Å². The van der Waals surface area contributed by atoms with Crippen LogP contribution in [0.2, 0.25) is 0 Å². The summed E-state index contributed by atoms with van der Waals surface area (Å²) in [4.78, 5) is 16.7. The van der Waals surface area contributed by atoms with Gasteiger partial charge < -0.3 is 9.64 Å². The second-order valence-corrected chi connectivity index (χ2v) is 6.81. The number of amides is 1. The Morgan fingerprint density at radius 3 is 2.96 bits per heavy atom. The molecule has 1 aliphatic heterocycles. The SMILES string of the molecule is CCc1cccc(OCCCN(C)C(=O)[C@@H]2CCCCCN2C)c1. The zero-order chi connectivity index (χ0) is 17.4. The molecule has 24 heavy (non-hydrogen) atoms. The summed E-state index contributed by atoms with van der Waals surface area (Å²) in [6.07, 6.45) is 6.46. The number of likely N-dealkylation sites (N-methyl/N-ethyl adjacent to an activating group) is 2. The van der Waals surface area contributed by atoms with Crippen molar-refractivity contribution in [3.05, 3.63) is 29.8 Å². The Hall–Kier alpha value is -1.55. The molecule has 4 heteroatoms. The number of nitrogens with zero attached hydrogens (tertiary/aromatic N) is 2. The van der Waals surface area contributed by atoms with Gasteiger partial charge in [0.1, 0.15) is 5.75 Å². The molecule has 0 aliphatic carbocycles. The summed E-state index contributed by atoms with van der Waals surface area (Å²) in [5.74, 6) is 1.18. The van der Waals surface area contributed by atoms with Gasteiger partial charge in [-0.15, -0.1) is 0 Å². The summed E-state index contributed by atoms with van der Waals surface area (Å²) in [6.45, 7) is 4.56. The van der Waals surface area contributed by atoms with Crippen LogP contribution in [0.15, 0.2) is 24.3 Å². The summed E-state index contributed by atoms with van der Waals surface area (Å²) < 4.78 is 5.82. The maximum atomic E-state index is 12.7. The van der Waals surface area contributed by atoms with Crippen LogP contribution in [0.5, 0.6) is 5.75 Å². The molecule has 1 heterocycles. The number of carbonyl (C=O) groups excluding carboxylic acids is 1. The van der Waals surface area contributed by atoms with Gasteiger partial charge in [-0.25, -0.2) is 0 Å². The Morgan fingerprint density at radius 2 is 2.17 bits per heavy atom. The molecule has 0 radical (unpaired) electrons. The second-order valence-electron chi connectivity index (χ2n) is 6.81. The van der Waals surface area contributed by atoms with Gasteiger partial charge in [-0.2, -0.15) is 0 Å². The zero-order valence-electron chi connectivity index (χ0n) is 15.5. The van der Waals surface area contributed by atoms with Gasteiger partial charge in [-0.1, -0.05) is 31.9 Å². The van der Waals surface area contributed by atoms with Crippen molar-refractivity contribution in [1.29, 1.82) is 0 Å². The minimum Gasteiger partial charge on any atom is -0.494 e. The molecule has 0 aromatic heterocycles. The Labute approximate surface area is 146 Å². The van der Waals surface area contributed by atoms with Gasteiger partial charge in [0.25, 0.3) is 0 Å². The van der Waals surface area contributed by atoms with Crippen molar-refractivity contribution >= 4 is 5.91 Å². The lowest BCUT2D eigenvalue weighted by molar-refractivity contribution is -0.135. The van der Waals surface area contributed by atoms with Crippen LogP contribution in [0.1, 0.15) is 44.6 Å². The highest BCUT2D eigenvalue weighted by atomic mass is 16.5. The fourth-order valence-corrected chi connectivity index (χ4v) is 3.28. The summed E-state index contributed by atoms with van der Waals surface area (Å²) in [5.41, 5.74) is 1.29. The number of benzene rings is 1. The second kappa shape index (κ2) is 9.67. The zero-order valence-corrected chi connectivity index (χ0v) is 15.5. The summed E-state index contributed by atoms with van der Waals surface area (Å²) >= 11 is 0. The number of rotatable bonds is 7. The first-order valence-corrected chi connectivity index (χ1v) is 9.28. The molecule has 1 aromatic rings. The van der Waals surface area contributed by atoms with Crippen LogP contribution >= 0.6 is 0 Å². The van der Waals surface area contributed by atoms with Crippen molar-refractivity contribution < 1.29 is 9.53 Å². The van der Waals surface area contributed by atoms with E-state index in [4.69, 9.17) is 4.74 Å². The van der Waals surface area contributed by atoms with Gasteiger partial charge >= 0.3 is 0 Å². The normalized spacial score (nSPS) is 18.9. The molecule has 0 spiro atoms. The summed E-state index contributed by atoms with van der Waals surface area (Å²) in [6, 6.07) is 8.29. The molecule has 1 amide bonds. The number of hydrogen-bond acceptors (Lipinski definition) is 3. The lowest BCUT2D eigenvalue weighted by Gasteiger charge is -2.29. The lowest BCUT2D eigenvalue weighted by Crippen LogP contribution is -2.45. The number of likely N-dealkylation sites (tertiary alicyclic amines) is 1. The molecule has 1 aliphatic rings. The van der Waals surface area contributed by atoms with E-state index >= 15 is 0 Å². The molecule has 0 unspecified atom stereocenters. The Bertz CT molecular complexity index is 518. The van der Waals surface area contributed by atoms with E-state index in [9.17, 15) is 4.79 Å². The molecule has 1 fully saturated rings. The highest BCUT2D eigenvalue weighted by Gasteiger charge is 2.26. The molecule has 4 nitrogen and oxygen atoms in total. The van der Waals surface area contributed by atoms with Crippen molar-refractivity contribution in [2.24, 2.45) is 0 Å². The van der Waals surface area contributed by atoms with Crippen molar-refractivity contribution in [1.82, 2.24) is 9.80 Å². The quantitative estimate of drug-likeness (QED) is 0.718. The number of carbonyl (C=O) groups is 1. The smallest absolute Gasteiger partial charge is 0.239 e. The van der Waals surface area contributed by atoms with Crippen molar-refractivity contribution in [2.75, 3.05) is 33.8 Å². The topological polar surface area (TPSA) is 32.8 Å². The molecule has 1 atom stereocenters. The third-order valence-corrected chi connectivity index (χ3v) is 4.90.